The summed E-state index contributed by atoms with van der Waals surface area (Å²) >= 11 is 1.78. The molecule has 1 aromatic rings. The minimum absolute atomic E-state index is 0.300. The topological polar surface area (TPSA) is 23.5 Å². The number of aliphatic hydroxyl groups excluding tert-OH is 1. The fourth-order valence-corrected chi connectivity index (χ4v) is 3.32. The van der Waals surface area contributed by atoms with Gasteiger partial charge in [-0.1, -0.05) is 6.07 Å². The molecule has 1 unspecified atom stereocenters. The van der Waals surface area contributed by atoms with Crippen molar-refractivity contribution < 1.29 is 5.11 Å². The zero-order chi connectivity index (χ0) is 10.7. The van der Waals surface area contributed by atoms with Crippen LogP contribution in [0.4, 0.5) is 0 Å². The van der Waals surface area contributed by atoms with Crippen molar-refractivity contribution in [2.24, 2.45) is 5.92 Å². The number of piperidine rings is 1. The van der Waals surface area contributed by atoms with Gasteiger partial charge in [-0.15, -0.1) is 11.3 Å². The molecule has 0 bridgehead atoms. The Morgan fingerprint density at radius 3 is 2.80 bits per heavy atom. The fourth-order valence-electron chi connectivity index (χ4n) is 2.40. The number of hydrogen-bond acceptors (Lipinski definition) is 3. The Balaban J connectivity index is 2.01. The van der Waals surface area contributed by atoms with Crippen LogP contribution in [0.5, 0.6) is 0 Å². The van der Waals surface area contributed by atoms with Crippen LogP contribution in [0, 0.1) is 5.92 Å². The van der Waals surface area contributed by atoms with Gasteiger partial charge in [-0.25, -0.2) is 0 Å². The minimum atomic E-state index is 0.300. The third kappa shape index (κ3) is 2.60. The van der Waals surface area contributed by atoms with Crippen molar-refractivity contribution in [2.45, 2.75) is 18.8 Å². The molecule has 0 aromatic carbocycles. The maximum Gasteiger partial charge on any atom is 0.0510 e. The maximum absolute atomic E-state index is 9.51. The second-order valence-corrected chi connectivity index (χ2v) is 5.42. The van der Waals surface area contributed by atoms with E-state index in [0.717, 1.165) is 0 Å². The number of aliphatic hydroxyl groups is 1. The van der Waals surface area contributed by atoms with E-state index in [1.807, 2.05) is 0 Å². The highest BCUT2D eigenvalue weighted by Crippen LogP contribution is 2.34. The molecular formula is C12H19NOS. The lowest BCUT2D eigenvalue weighted by Crippen LogP contribution is -2.33. The molecule has 84 valence electrons. The van der Waals surface area contributed by atoms with Gasteiger partial charge in [-0.2, -0.15) is 0 Å². The summed E-state index contributed by atoms with van der Waals surface area (Å²) in [4.78, 5) is 3.73. The van der Waals surface area contributed by atoms with Crippen molar-refractivity contribution in [1.29, 1.82) is 0 Å². The van der Waals surface area contributed by atoms with E-state index in [1.165, 1.54) is 30.8 Å². The SMILES string of the molecule is CN1CCC(C(CO)c2cccs2)CC1. The van der Waals surface area contributed by atoms with Crippen LogP contribution in [0.3, 0.4) is 0 Å². The number of rotatable bonds is 3. The van der Waals surface area contributed by atoms with Crippen molar-refractivity contribution in [3.8, 4) is 0 Å². The summed E-state index contributed by atoms with van der Waals surface area (Å²) in [6, 6.07) is 4.24. The first kappa shape index (κ1) is 11.1. The molecule has 1 atom stereocenters. The van der Waals surface area contributed by atoms with E-state index < -0.39 is 0 Å². The molecule has 1 aliphatic rings. The molecule has 0 radical (unpaired) electrons. The quantitative estimate of drug-likeness (QED) is 0.852. The summed E-state index contributed by atoms with van der Waals surface area (Å²) < 4.78 is 0. The Labute approximate surface area is 95.5 Å². The summed E-state index contributed by atoms with van der Waals surface area (Å²) in [5, 5.41) is 11.6. The van der Waals surface area contributed by atoms with Crippen LogP contribution in [-0.4, -0.2) is 36.8 Å². The van der Waals surface area contributed by atoms with Crippen LogP contribution in [-0.2, 0) is 0 Å². The van der Waals surface area contributed by atoms with Crippen molar-refractivity contribution in [2.75, 3.05) is 26.7 Å². The third-order valence-corrected chi connectivity index (χ3v) is 4.44. The average molecular weight is 225 g/mol. The zero-order valence-electron chi connectivity index (χ0n) is 9.22. The lowest BCUT2D eigenvalue weighted by atomic mass is 9.84. The second kappa shape index (κ2) is 5.10. The molecular weight excluding hydrogens is 206 g/mol. The van der Waals surface area contributed by atoms with E-state index in [-0.39, 0.29) is 0 Å². The Hall–Kier alpha value is -0.380. The number of hydrogen-bond donors (Lipinski definition) is 1. The van der Waals surface area contributed by atoms with E-state index in [2.05, 4.69) is 29.5 Å². The van der Waals surface area contributed by atoms with Gasteiger partial charge in [-0.3, -0.25) is 0 Å². The number of nitrogens with zero attached hydrogens (tertiary/aromatic N) is 1. The van der Waals surface area contributed by atoms with E-state index >= 15 is 0 Å². The molecule has 0 spiro atoms. The normalized spacial score (nSPS) is 21.7. The van der Waals surface area contributed by atoms with Crippen molar-refractivity contribution in [1.82, 2.24) is 4.90 Å². The highest BCUT2D eigenvalue weighted by atomic mass is 32.1. The molecule has 2 rings (SSSR count). The van der Waals surface area contributed by atoms with Crippen LogP contribution < -0.4 is 0 Å². The van der Waals surface area contributed by atoms with Crippen LogP contribution >= 0.6 is 11.3 Å². The molecule has 1 N–H and O–H groups in total. The largest absolute Gasteiger partial charge is 0.396 e. The van der Waals surface area contributed by atoms with Crippen LogP contribution in [0.15, 0.2) is 17.5 Å². The van der Waals surface area contributed by atoms with Gasteiger partial charge in [0.25, 0.3) is 0 Å². The molecule has 1 saturated heterocycles. The molecule has 1 fully saturated rings. The highest BCUT2D eigenvalue weighted by molar-refractivity contribution is 7.10. The fraction of sp³-hybridized carbons (Fsp3) is 0.667. The highest BCUT2D eigenvalue weighted by Gasteiger charge is 2.26. The molecule has 2 heterocycles. The second-order valence-electron chi connectivity index (χ2n) is 4.45. The van der Waals surface area contributed by atoms with E-state index in [1.54, 1.807) is 11.3 Å². The molecule has 1 aliphatic heterocycles. The van der Waals surface area contributed by atoms with Gasteiger partial charge in [0.05, 0.1) is 6.61 Å². The number of likely N-dealkylation sites (tertiary alicyclic amines) is 1. The number of thiophene rings is 1. The monoisotopic (exact) mass is 225 g/mol. The van der Waals surface area contributed by atoms with Gasteiger partial charge < -0.3 is 10.0 Å². The smallest absolute Gasteiger partial charge is 0.0510 e. The van der Waals surface area contributed by atoms with Gasteiger partial charge >= 0.3 is 0 Å². The first-order chi connectivity index (χ1) is 7.31. The van der Waals surface area contributed by atoms with Gasteiger partial charge in [0.1, 0.15) is 0 Å². The summed E-state index contributed by atoms with van der Waals surface area (Å²) in [7, 11) is 2.18. The summed E-state index contributed by atoms with van der Waals surface area (Å²) in [6.45, 7) is 2.65. The van der Waals surface area contributed by atoms with Crippen LogP contribution in [0.25, 0.3) is 0 Å². The Morgan fingerprint density at radius 2 is 2.27 bits per heavy atom. The van der Waals surface area contributed by atoms with Crippen molar-refractivity contribution in [3.05, 3.63) is 22.4 Å². The molecule has 15 heavy (non-hydrogen) atoms. The molecule has 0 saturated carbocycles. The standard InChI is InChI=1S/C12H19NOS/c1-13-6-4-10(5-7-13)11(9-14)12-3-2-8-15-12/h2-3,8,10-11,14H,4-7,9H2,1H3. The van der Waals surface area contributed by atoms with E-state index in [4.69, 9.17) is 0 Å². The lowest BCUT2D eigenvalue weighted by molar-refractivity contribution is 0.158. The Morgan fingerprint density at radius 1 is 1.53 bits per heavy atom. The average Bonchev–Trinajstić information content (AvgIpc) is 2.75. The first-order valence-corrected chi connectivity index (χ1v) is 6.52. The van der Waals surface area contributed by atoms with E-state index in [9.17, 15) is 5.11 Å². The Bertz CT molecular complexity index is 278. The van der Waals surface area contributed by atoms with Gasteiger partial charge in [-0.05, 0) is 50.3 Å². The Kier molecular flexibility index (Phi) is 3.78. The molecule has 2 nitrogen and oxygen atoms in total. The summed E-state index contributed by atoms with van der Waals surface area (Å²) in [6.07, 6.45) is 2.44. The van der Waals surface area contributed by atoms with Crippen molar-refractivity contribution >= 4 is 11.3 Å². The van der Waals surface area contributed by atoms with Crippen molar-refractivity contribution in [3.63, 3.8) is 0 Å². The lowest BCUT2D eigenvalue weighted by Gasteiger charge is -2.33. The van der Waals surface area contributed by atoms with Gasteiger partial charge in [0, 0.05) is 10.8 Å². The molecule has 0 aliphatic carbocycles. The van der Waals surface area contributed by atoms with Gasteiger partial charge in [0.2, 0.25) is 0 Å². The predicted octanol–water partition coefficient (Wildman–Crippen LogP) is 2.17. The molecule has 1 aromatic heterocycles. The molecule has 0 amide bonds. The minimum Gasteiger partial charge on any atom is -0.396 e. The van der Waals surface area contributed by atoms with Crippen LogP contribution in [0.1, 0.15) is 23.6 Å². The first-order valence-electron chi connectivity index (χ1n) is 5.64. The zero-order valence-corrected chi connectivity index (χ0v) is 10.0. The third-order valence-electron chi connectivity index (χ3n) is 3.44. The summed E-state index contributed by atoms with van der Waals surface area (Å²) in [5.41, 5.74) is 0. The van der Waals surface area contributed by atoms with E-state index in [0.29, 0.717) is 18.4 Å². The van der Waals surface area contributed by atoms with Crippen LogP contribution in [0.2, 0.25) is 0 Å². The molecule has 3 heteroatoms. The summed E-state index contributed by atoms with van der Waals surface area (Å²) in [5.74, 6) is 1.04. The maximum atomic E-state index is 9.51. The predicted molar refractivity (Wildman–Crippen MR) is 64.4 cm³/mol. The van der Waals surface area contributed by atoms with Gasteiger partial charge in [0.15, 0.2) is 0 Å².